The summed E-state index contributed by atoms with van der Waals surface area (Å²) in [6.45, 7) is 1.87. The quantitative estimate of drug-likeness (QED) is 0.440. The molecule has 0 aliphatic carbocycles. The van der Waals surface area contributed by atoms with Gasteiger partial charge in [-0.15, -0.1) is 0 Å². The monoisotopic (exact) mass is 410 g/mol. The first kappa shape index (κ1) is 19.8. The maximum absolute atomic E-state index is 13.1. The second-order valence-electron chi connectivity index (χ2n) is 7.37. The second kappa shape index (κ2) is 7.70. The Labute approximate surface area is 172 Å². The van der Waals surface area contributed by atoms with Crippen LogP contribution in [0.5, 0.6) is 5.75 Å². The molecule has 2 saturated heterocycles. The van der Waals surface area contributed by atoms with Crippen LogP contribution in [0.1, 0.15) is 24.8 Å². The van der Waals surface area contributed by atoms with Crippen LogP contribution < -0.4 is 14.5 Å². The van der Waals surface area contributed by atoms with Gasteiger partial charge in [-0.2, -0.15) is 0 Å². The third-order valence-corrected chi connectivity index (χ3v) is 5.28. The summed E-state index contributed by atoms with van der Waals surface area (Å²) in [7, 11) is 0. The zero-order valence-electron chi connectivity index (χ0n) is 16.3. The minimum atomic E-state index is -0.649. The average molecular weight is 410 g/mol. The molecule has 4 rings (SSSR count). The van der Waals surface area contributed by atoms with Gasteiger partial charge in [-0.3, -0.25) is 24.1 Å². The molecule has 3 amide bonds. The number of hydrogen-bond donors (Lipinski definition) is 0. The van der Waals surface area contributed by atoms with Gasteiger partial charge in [0.15, 0.2) is 0 Å². The molecule has 2 aromatic rings. The van der Waals surface area contributed by atoms with E-state index in [9.17, 15) is 23.6 Å². The van der Waals surface area contributed by atoms with E-state index >= 15 is 0 Å². The van der Waals surface area contributed by atoms with Crippen LogP contribution in [0.15, 0.2) is 42.5 Å². The standard InChI is InChI=1S/C22H19FN2O5/c1-13-10-17(6-7-18(13)25-19(26)8-9-20(25)27)30-22(29)14-11-21(28)24(12-14)16-4-2-15(23)3-5-16/h2-7,10,14H,8-9,11-12H2,1H3/t14-/m1/s1. The summed E-state index contributed by atoms with van der Waals surface area (Å²) >= 11 is 0. The molecule has 2 aliphatic rings. The van der Waals surface area contributed by atoms with Crippen molar-refractivity contribution in [1.82, 2.24) is 0 Å². The van der Waals surface area contributed by atoms with Gasteiger partial charge in [-0.25, -0.2) is 4.39 Å². The highest BCUT2D eigenvalue weighted by atomic mass is 19.1. The van der Waals surface area contributed by atoms with Crippen molar-refractivity contribution < 1.29 is 28.3 Å². The van der Waals surface area contributed by atoms with Crippen LogP contribution in [0, 0.1) is 18.7 Å². The van der Waals surface area contributed by atoms with Gasteiger partial charge in [0.2, 0.25) is 17.7 Å². The number of ether oxygens (including phenoxy) is 1. The number of esters is 1. The van der Waals surface area contributed by atoms with Crippen LogP contribution in [0.25, 0.3) is 0 Å². The van der Waals surface area contributed by atoms with Gasteiger partial charge in [0, 0.05) is 31.5 Å². The number of amides is 3. The predicted molar refractivity (Wildman–Crippen MR) is 105 cm³/mol. The van der Waals surface area contributed by atoms with E-state index in [2.05, 4.69) is 0 Å². The van der Waals surface area contributed by atoms with Crippen LogP contribution in [0.2, 0.25) is 0 Å². The van der Waals surface area contributed by atoms with Gasteiger partial charge < -0.3 is 9.64 Å². The Bertz CT molecular complexity index is 1030. The highest BCUT2D eigenvalue weighted by Gasteiger charge is 2.36. The molecule has 2 fully saturated rings. The van der Waals surface area contributed by atoms with E-state index in [1.54, 1.807) is 19.1 Å². The molecule has 0 unspecified atom stereocenters. The first-order chi connectivity index (χ1) is 14.3. The molecular formula is C22H19FN2O5. The predicted octanol–water partition coefficient (Wildman–Crippen LogP) is 2.75. The van der Waals surface area contributed by atoms with E-state index in [-0.39, 0.29) is 49.3 Å². The Morgan fingerprint density at radius 3 is 2.30 bits per heavy atom. The number of rotatable bonds is 4. The molecule has 0 spiro atoms. The summed E-state index contributed by atoms with van der Waals surface area (Å²) in [5, 5.41) is 0. The summed E-state index contributed by atoms with van der Waals surface area (Å²) in [5.74, 6) is -2.07. The summed E-state index contributed by atoms with van der Waals surface area (Å²) in [6.07, 6.45) is 0.384. The zero-order valence-corrected chi connectivity index (χ0v) is 16.3. The summed E-state index contributed by atoms with van der Waals surface area (Å²) in [6, 6.07) is 10.2. The van der Waals surface area contributed by atoms with E-state index < -0.39 is 17.7 Å². The molecule has 0 saturated carbocycles. The molecule has 154 valence electrons. The highest BCUT2D eigenvalue weighted by molar-refractivity contribution is 6.20. The maximum Gasteiger partial charge on any atom is 0.316 e. The third kappa shape index (κ3) is 3.68. The number of aryl methyl sites for hydroxylation is 1. The SMILES string of the molecule is Cc1cc(OC(=O)[C@@H]2CC(=O)N(c3ccc(F)cc3)C2)ccc1N1C(=O)CCC1=O. The Morgan fingerprint density at radius 2 is 1.67 bits per heavy atom. The van der Waals surface area contributed by atoms with Crippen molar-refractivity contribution in [2.75, 3.05) is 16.3 Å². The summed E-state index contributed by atoms with van der Waals surface area (Å²) in [5.41, 5.74) is 1.62. The molecule has 0 bridgehead atoms. The minimum Gasteiger partial charge on any atom is -0.426 e. The number of hydrogen-bond acceptors (Lipinski definition) is 5. The number of anilines is 2. The summed E-state index contributed by atoms with van der Waals surface area (Å²) < 4.78 is 18.5. The lowest BCUT2D eigenvalue weighted by Gasteiger charge is -2.18. The molecule has 8 heteroatoms. The van der Waals surface area contributed by atoms with Gasteiger partial charge in [0.1, 0.15) is 11.6 Å². The molecule has 2 heterocycles. The maximum atomic E-state index is 13.1. The third-order valence-electron chi connectivity index (χ3n) is 5.28. The number of imide groups is 1. The van der Waals surface area contributed by atoms with Crippen molar-refractivity contribution in [3.8, 4) is 5.75 Å². The minimum absolute atomic E-state index is 0.00402. The van der Waals surface area contributed by atoms with Crippen molar-refractivity contribution in [3.05, 3.63) is 53.8 Å². The van der Waals surface area contributed by atoms with Gasteiger partial charge in [-0.1, -0.05) is 0 Å². The van der Waals surface area contributed by atoms with Gasteiger partial charge in [0.25, 0.3) is 0 Å². The molecule has 1 atom stereocenters. The lowest BCUT2D eigenvalue weighted by molar-refractivity contribution is -0.139. The molecule has 2 aliphatic heterocycles. The van der Waals surface area contributed by atoms with E-state index in [0.29, 0.717) is 16.9 Å². The van der Waals surface area contributed by atoms with Gasteiger partial charge in [0.05, 0.1) is 11.6 Å². The van der Waals surface area contributed by atoms with Crippen molar-refractivity contribution in [2.45, 2.75) is 26.2 Å². The molecule has 0 aromatic heterocycles. The Morgan fingerprint density at radius 1 is 1.00 bits per heavy atom. The van der Waals surface area contributed by atoms with Crippen molar-refractivity contribution in [3.63, 3.8) is 0 Å². The van der Waals surface area contributed by atoms with E-state index in [4.69, 9.17) is 4.74 Å². The van der Waals surface area contributed by atoms with E-state index in [1.807, 2.05) is 0 Å². The van der Waals surface area contributed by atoms with Crippen LogP contribution in [0.3, 0.4) is 0 Å². The summed E-state index contributed by atoms with van der Waals surface area (Å²) in [4.78, 5) is 51.3. The Hall–Kier alpha value is -3.55. The first-order valence-corrected chi connectivity index (χ1v) is 9.57. The molecule has 0 radical (unpaired) electrons. The fourth-order valence-electron chi connectivity index (χ4n) is 3.72. The lowest BCUT2D eigenvalue weighted by Crippen LogP contribution is -2.29. The first-order valence-electron chi connectivity index (χ1n) is 9.57. The van der Waals surface area contributed by atoms with Gasteiger partial charge >= 0.3 is 5.97 Å². The fourth-order valence-corrected chi connectivity index (χ4v) is 3.72. The largest absolute Gasteiger partial charge is 0.426 e. The molecule has 30 heavy (non-hydrogen) atoms. The van der Waals surface area contributed by atoms with E-state index in [0.717, 1.165) is 4.90 Å². The molecule has 2 aromatic carbocycles. The Kier molecular flexibility index (Phi) is 5.07. The topological polar surface area (TPSA) is 84.0 Å². The molecule has 7 nitrogen and oxygen atoms in total. The van der Waals surface area contributed by atoms with Crippen LogP contribution in [0.4, 0.5) is 15.8 Å². The van der Waals surface area contributed by atoms with Gasteiger partial charge in [-0.05, 0) is 55.0 Å². The number of benzene rings is 2. The lowest BCUT2D eigenvalue weighted by atomic mass is 10.1. The fraction of sp³-hybridized carbons (Fsp3) is 0.273. The zero-order chi connectivity index (χ0) is 21.4. The van der Waals surface area contributed by atoms with Crippen LogP contribution >= 0.6 is 0 Å². The highest BCUT2D eigenvalue weighted by Crippen LogP contribution is 2.30. The number of nitrogens with zero attached hydrogens (tertiary/aromatic N) is 2. The van der Waals surface area contributed by atoms with Crippen LogP contribution in [-0.4, -0.2) is 30.2 Å². The smallest absolute Gasteiger partial charge is 0.316 e. The van der Waals surface area contributed by atoms with Crippen molar-refractivity contribution in [2.24, 2.45) is 5.92 Å². The normalized spacial score (nSPS) is 19.0. The van der Waals surface area contributed by atoms with Crippen LogP contribution in [-0.2, 0) is 19.2 Å². The molecule has 0 N–H and O–H groups in total. The second-order valence-corrected chi connectivity index (χ2v) is 7.37. The van der Waals surface area contributed by atoms with Crippen molar-refractivity contribution >= 4 is 35.1 Å². The Balaban J connectivity index is 1.44. The average Bonchev–Trinajstić information content (AvgIpc) is 3.25. The number of carbonyl (C=O) groups is 4. The molecular weight excluding hydrogens is 391 g/mol. The number of carbonyl (C=O) groups excluding carboxylic acids is 4. The van der Waals surface area contributed by atoms with Crippen molar-refractivity contribution in [1.29, 1.82) is 0 Å². The number of halogens is 1. The van der Waals surface area contributed by atoms with E-state index in [1.165, 1.54) is 35.2 Å².